The quantitative estimate of drug-likeness (QED) is 0.625. The van der Waals surface area contributed by atoms with Gasteiger partial charge in [0.15, 0.2) is 12.5 Å². The maximum atomic E-state index is 12.3. The lowest BCUT2D eigenvalue weighted by Gasteiger charge is -2.29. The summed E-state index contributed by atoms with van der Waals surface area (Å²) in [6.45, 7) is 0.0620. The molecule has 0 spiro atoms. The number of rotatable bonds is 4. The van der Waals surface area contributed by atoms with Crippen LogP contribution in [-0.4, -0.2) is 44.7 Å². The minimum atomic E-state index is -0.314. The standard InChI is InChI=1S/C16H20N8O2/c17-9-4-1-2-5-10(9)21-16-23-12(22-15-18-6-3-7-19-15)11-13(25)20-8-26-14(11)24-16/h3,6-7,9-10H,1-2,4-5,8,17H2,(H,20,25)(H2,18,19,21,22,23,24)/t9-,10+/m0/s1. The molecule has 4 rings (SSSR count). The zero-order valence-corrected chi connectivity index (χ0v) is 14.1. The lowest BCUT2D eigenvalue weighted by atomic mass is 9.91. The highest BCUT2D eigenvalue weighted by Gasteiger charge is 2.28. The van der Waals surface area contributed by atoms with Crippen LogP contribution in [0.25, 0.3) is 0 Å². The number of nitrogens with two attached hydrogens (primary N) is 1. The first kappa shape index (κ1) is 16.5. The van der Waals surface area contributed by atoms with Crippen LogP contribution in [-0.2, 0) is 0 Å². The Bertz CT molecular complexity index is 800. The fraction of sp³-hybridized carbons (Fsp3) is 0.438. The second-order valence-electron chi connectivity index (χ2n) is 6.27. The van der Waals surface area contributed by atoms with Crippen molar-refractivity contribution < 1.29 is 9.53 Å². The van der Waals surface area contributed by atoms with Crippen LogP contribution in [0.15, 0.2) is 18.5 Å². The number of hydrogen-bond donors (Lipinski definition) is 4. The summed E-state index contributed by atoms with van der Waals surface area (Å²) < 4.78 is 5.49. The van der Waals surface area contributed by atoms with Gasteiger partial charge in [0.25, 0.3) is 5.91 Å². The van der Waals surface area contributed by atoms with Crippen LogP contribution in [0, 0.1) is 0 Å². The predicted molar refractivity (Wildman–Crippen MR) is 94.2 cm³/mol. The number of ether oxygens (including phenoxy) is 1. The first-order valence-electron chi connectivity index (χ1n) is 8.60. The van der Waals surface area contributed by atoms with Crippen molar-refractivity contribution in [3.05, 3.63) is 24.0 Å². The van der Waals surface area contributed by atoms with Crippen molar-refractivity contribution in [2.75, 3.05) is 17.4 Å². The van der Waals surface area contributed by atoms with Crippen molar-refractivity contribution in [3.8, 4) is 5.88 Å². The van der Waals surface area contributed by atoms with Gasteiger partial charge in [0.1, 0.15) is 5.56 Å². The summed E-state index contributed by atoms with van der Waals surface area (Å²) in [4.78, 5) is 29.3. The molecule has 1 aliphatic carbocycles. The molecule has 0 saturated heterocycles. The number of nitrogens with zero attached hydrogens (tertiary/aromatic N) is 4. The first-order valence-corrected chi connectivity index (χ1v) is 8.60. The third-order valence-electron chi connectivity index (χ3n) is 4.47. The van der Waals surface area contributed by atoms with Crippen molar-refractivity contribution in [1.29, 1.82) is 0 Å². The lowest BCUT2D eigenvalue weighted by Crippen LogP contribution is -2.43. The van der Waals surface area contributed by atoms with E-state index in [4.69, 9.17) is 10.5 Å². The van der Waals surface area contributed by atoms with Gasteiger partial charge in [-0.2, -0.15) is 9.97 Å². The average molecular weight is 356 g/mol. The van der Waals surface area contributed by atoms with Gasteiger partial charge in [-0.05, 0) is 18.9 Å². The van der Waals surface area contributed by atoms with E-state index in [-0.39, 0.29) is 42.0 Å². The second kappa shape index (κ2) is 7.08. The number of carbonyl (C=O) groups is 1. The molecule has 26 heavy (non-hydrogen) atoms. The molecule has 1 saturated carbocycles. The number of anilines is 3. The third-order valence-corrected chi connectivity index (χ3v) is 4.47. The maximum Gasteiger partial charge on any atom is 0.263 e. The van der Waals surface area contributed by atoms with Gasteiger partial charge in [0.2, 0.25) is 17.8 Å². The summed E-state index contributed by atoms with van der Waals surface area (Å²) in [5, 5.41) is 8.86. The molecular formula is C16H20N8O2. The van der Waals surface area contributed by atoms with Gasteiger partial charge >= 0.3 is 0 Å². The van der Waals surface area contributed by atoms with Crippen LogP contribution in [0.2, 0.25) is 0 Å². The van der Waals surface area contributed by atoms with Crippen LogP contribution in [0.1, 0.15) is 36.0 Å². The molecule has 10 nitrogen and oxygen atoms in total. The third kappa shape index (κ3) is 3.36. The van der Waals surface area contributed by atoms with Gasteiger partial charge in [-0.3, -0.25) is 4.79 Å². The minimum absolute atomic E-state index is 0.0430. The molecule has 5 N–H and O–H groups in total. The molecule has 3 heterocycles. The highest BCUT2D eigenvalue weighted by Crippen LogP contribution is 2.29. The lowest BCUT2D eigenvalue weighted by molar-refractivity contribution is 0.0879. The monoisotopic (exact) mass is 356 g/mol. The molecule has 136 valence electrons. The van der Waals surface area contributed by atoms with Crippen molar-refractivity contribution in [2.24, 2.45) is 5.73 Å². The molecular weight excluding hydrogens is 336 g/mol. The molecule has 2 aromatic rings. The Morgan fingerprint density at radius 1 is 1.15 bits per heavy atom. The van der Waals surface area contributed by atoms with Gasteiger partial charge in [-0.1, -0.05) is 12.8 Å². The Kier molecular flexibility index (Phi) is 4.48. The number of amides is 1. The van der Waals surface area contributed by atoms with Gasteiger partial charge in [-0.15, -0.1) is 0 Å². The van der Waals surface area contributed by atoms with E-state index in [0.717, 1.165) is 25.7 Å². The van der Waals surface area contributed by atoms with E-state index >= 15 is 0 Å². The molecule has 2 aliphatic rings. The summed E-state index contributed by atoms with van der Waals surface area (Å²) in [5.41, 5.74) is 6.42. The summed E-state index contributed by atoms with van der Waals surface area (Å²) in [6, 6.07) is 1.83. The summed E-state index contributed by atoms with van der Waals surface area (Å²) >= 11 is 0. The first-order chi connectivity index (χ1) is 12.7. The van der Waals surface area contributed by atoms with Gasteiger partial charge in [-0.25, -0.2) is 9.97 Å². The molecule has 0 bridgehead atoms. The number of fused-ring (bicyclic) bond motifs is 1. The predicted octanol–water partition coefficient (Wildman–Crippen LogP) is 0.772. The number of nitrogens with one attached hydrogen (secondary N) is 3. The molecule has 2 aromatic heterocycles. The smallest absolute Gasteiger partial charge is 0.263 e. The van der Waals surface area contributed by atoms with E-state index in [0.29, 0.717) is 11.9 Å². The van der Waals surface area contributed by atoms with Gasteiger partial charge in [0.05, 0.1) is 0 Å². The van der Waals surface area contributed by atoms with E-state index in [1.165, 1.54) is 0 Å². The molecule has 1 amide bonds. The fourth-order valence-corrected chi connectivity index (χ4v) is 3.14. The number of aromatic nitrogens is 4. The van der Waals surface area contributed by atoms with E-state index in [1.54, 1.807) is 18.5 Å². The van der Waals surface area contributed by atoms with Gasteiger partial charge < -0.3 is 26.4 Å². The Morgan fingerprint density at radius 3 is 2.77 bits per heavy atom. The fourth-order valence-electron chi connectivity index (χ4n) is 3.14. The minimum Gasteiger partial charge on any atom is -0.456 e. The molecule has 0 aromatic carbocycles. The van der Waals surface area contributed by atoms with Crippen LogP contribution in [0.5, 0.6) is 5.88 Å². The molecule has 1 fully saturated rings. The van der Waals surface area contributed by atoms with Crippen LogP contribution in [0.3, 0.4) is 0 Å². The Hall–Kier alpha value is -3.01. The van der Waals surface area contributed by atoms with Crippen molar-refractivity contribution >= 4 is 23.6 Å². The average Bonchev–Trinajstić information content (AvgIpc) is 2.64. The van der Waals surface area contributed by atoms with E-state index in [2.05, 4.69) is 35.9 Å². The maximum absolute atomic E-state index is 12.3. The summed E-state index contributed by atoms with van der Waals surface area (Å²) in [7, 11) is 0. The van der Waals surface area contributed by atoms with Crippen LogP contribution in [0.4, 0.5) is 17.7 Å². The molecule has 0 unspecified atom stereocenters. The van der Waals surface area contributed by atoms with Crippen molar-refractivity contribution in [3.63, 3.8) is 0 Å². The van der Waals surface area contributed by atoms with Crippen molar-refractivity contribution in [2.45, 2.75) is 37.8 Å². The number of hydrogen-bond acceptors (Lipinski definition) is 9. The van der Waals surface area contributed by atoms with Crippen molar-refractivity contribution in [1.82, 2.24) is 25.3 Å². The van der Waals surface area contributed by atoms with Gasteiger partial charge in [0, 0.05) is 24.5 Å². The number of carbonyl (C=O) groups excluding carboxylic acids is 1. The highest BCUT2D eigenvalue weighted by atomic mass is 16.5. The summed E-state index contributed by atoms with van der Waals surface area (Å²) in [6.07, 6.45) is 7.35. The topological polar surface area (TPSA) is 140 Å². The SMILES string of the molecule is N[C@H]1CCCC[C@H]1Nc1nc(Nc2ncccn2)c2c(n1)OCNC2=O. The van der Waals surface area contributed by atoms with E-state index < -0.39 is 0 Å². The normalized spacial score (nSPS) is 22.0. The van der Waals surface area contributed by atoms with E-state index in [1.807, 2.05) is 0 Å². The Morgan fingerprint density at radius 2 is 1.96 bits per heavy atom. The molecule has 0 radical (unpaired) electrons. The zero-order chi connectivity index (χ0) is 17.9. The van der Waals surface area contributed by atoms with Crippen LogP contribution < -0.4 is 26.4 Å². The summed E-state index contributed by atoms with van der Waals surface area (Å²) in [5.74, 6) is 0.872. The molecule has 10 heteroatoms. The second-order valence-corrected chi connectivity index (χ2v) is 6.27. The Labute approximate surface area is 150 Å². The van der Waals surface area contributed by atoms with E-state index in [9.17, 15) is 4.79 Å². The zero-order valence-electron chi connectivity index (χ0n) is 14.1. The largest absolute Gasteiger partial charge is 0.456 e. The van der Waals surface area contributed by atoms with Crippen LogP contribution >= 0.6 is 0 Å². The molecule has 1 aliphatic heterocycles. The molecule has 2 atom stereocenters. The Balaban J connectivity index is 1.67. The highest BCUT2D eigenvalue weighted by molar-refractivity contribution is 6.02.